The smallest absolute Gasteiger partial charge is 0.265 e. The molecule has 1 amide bonds. The number of aromatic amines is 1. The summed E-state index contributed by atoms with van der Waals surface area (Å²) in [5.41, 5.74) is 9.38. The summed E-state index contributed by atoms with van der Waals surface area (Å²) in [6.45, 7) is 6.30. The average molecular weight is 448 g/mol. The molecule has 6 nitrogen and oxygen atoms in total. The molecule has 0 saturated carbocycles. The monoisotopic (exact) mass is 447 g/mol. The van der Waals surface area contributed by atoms with Crippen LogP contribution in [-0.4, -0.2) is 19.3 Å². The van der Waals surface area contributed by atoms with Gasteiger partial charge in [-0.1, -0.05) is 63.2 Å². The molecule has 4 aromatic rings. The average Bonchev–Trinajstić information content (AvgIpc) is 3.13. The molecule has 1 heterocycles. The van der Waals surface area contributed by atoms with Crippen molar-refractivity contribution in [2.24, 2.45) is 5.73 Å². The van der Waals surface area contributed by atoms with Gasteiger partial charge in [-0.2, -0.15) is 0 Å². The Morgan fingerprint density at radius 2 is 1.59 bits per heavy atom. The van der Waals surface area contributed by atoms with Crippen LogP contribution in [0.25, 0.3) is 22.0 Å². The van der Waals surface area contributed by atoms with Gasteiger partial charge in [-0.05, 0) is 46.9 Å². The largest absolute Gasteiger partial charge is 0.364 e. The summed E-state index contributed by atoms with van der Waals surface area (Å²) in [6, 6.07) is 21.3. The zero-order valence-electron chi connectivity index (χ0n) is 18.1. The number of H-pyrrole nitrogens is 1. The van der Waals surface area contributed by atoms with Crippen molar-refractivity contribution >= 4 is 32.5 Å². The predicted molar refractivity (Wildman–Crippen MR) is 128 cm³/mol. The molecule has 7 heteroatoms. The molecular formula is C25H25N3O3S. The summed E-state index contributed by atoms with van der Waals surface area (Å²) < 4.78 is 28.8. The first kappa shape index (κ1) is 21.6. The van der Waals surface area contributed by atoms with E-state index < -0.39 is 15.9 Å². The number of carbonyl (C=O) groups is 1. The van der Waals surface area contributed by atoms with Gasteiger partial charge in [0, 0.05) is 22.2 Å². The maximum Gasteiger partial charge on any atom is 0.265 e. The quantitative estimate of drug-likeness (QED) is 0.399. The lowest BCUT2D eigenvalue weighted by molar-refractivity contribution is 0.0997. The molecule has 0 bridgehead atoms. The fourth-order valence-electron chi connectivity index (χ4n) is 3.68. The van der Waals surface area contributed by atoms with Crippen molar-refractivity contribution < 1.29 is 13.2 Å². The Hall–Kier alpha value is -3.58. The fourth-order valence-corrected chi connectivity index (χ4v) is 4.76. The Kier molecular flexibility index (Phi) is 5.30. The summed E-state index contributed by atoms with van der Waals surface area (Å²) in [7, 11) is -3.84. The van der Waals surface area contributed by atoms with E-state index in [4.69, 9.17) is 5.73 Å². The van der Waals surface area contributed by atoms with E-state index in [0.29, 0.717) is 22.2 Å². The van der Waals surface area contributed by atoms with E-state index in [-0.39, 0.29) is 16.0 Å². The number of anilines is 1. The number of amides is 1. The minimum absolute atomic E-state index is 0.0251. The van der Waals surface area contributed by atoms with Crippen LogP contribution in [0.3, 0.4) is 0 Å². The molecule has 1 aromatic heterocycles. The third-order valence-corrected chi connectivity index (χ3v) is 6.77. The Balaban J connectivity index is 1.77. The molecule has 0 aliphatic carbocycles. The SMILES string of the molecule is CC(C)(C)c1ccc(NS(=O)(=O)c2ccc3[nH]c(C(N)=O)c(-c4ccccc4)c3c2)cc1. The van der Waals surface area contributed by atoms with Gasteiger partial charge in [-0.3, -0.25) is 9.52 Å². The van der Waals surface area contributed by atoms with Gasteiger partial charge in [0.25, 0.3) is 15.9 Å². The minimum atomic E-state index is -3.84. The maximum atomic E-state index is 13.1. The molecule has 0 unspecified atom stereocenters. The van der Waals surface area contributed by atoms with Crippen LogP contribution < -0.4 is 10.5 Å². The molecule has 32 heavy (non-hydrogen) atoms. The Morgan fingerprint density at radius 1 is 0.938 bits per heavy atom. The number of hydrogen-bond acceptors (Lipinski definition) is 3. The van der Waals surface area contributed by atoms with Crippen molar-refractivity contribution in [3.63, 3.8) is 0 Å². The fraction of sp³-hybridized carbons (Fsp3) is 0.160. The second-order valence-electron chi connectivity index (χ2n) is 8.75. The summed E-state index contributed by atoms with van der Waals surface area (Å²) >= 11 is 0. The highest BCUT2D eigenvalue weighted by molar-refractivity contribution is 7.92. The van der Waals surface area contributed by atoms with Crippen molar-refractivity contribution in [1.29, 1.82) is 0 Å². The van der Waals surface area contributed by atoms with Crippen LogP contribution >= 0.6 is 0 Å². The number of fused-ring (bicyclic) bond motifs is 1. The van der Waals surface area contributed by atoms with Crippen LogP contribution in [0.2, 0.25) is 0 Å². The van der Waals surface area contributed by atoms with Crippen LogP contribution in [0.5, 0.6) is 0 Å². The van der Waals surface area contributed by atoms with E-state index in [0.717, 1.165) is 11.1 Å². The first-order valence-electron chi connectivity index (χ1n) is 10.2. The molecule has 0 aliphatic heterocycles. The zero-order valence-corrected chi connectivity index (χ0v) is 19.0. The molecule has 164 valence electrons. The molecule has 3 aromatic carbocycles. The van der Waals surface area contributed by atoms with E-state index in [9.17, 15) is 13.2 Å². The van der Waals surface area contributed by atoms with Gasteiger partial charge in [0.05, 0.1) is 4.90 Å². The summed E-state index contributed by atoms with van der Waals surface area (Å²) in [5.74, 6) is -0.610. The third-order valence-electron chi connectivity index (χ3n) is 5.39. The van der Waals surface area contributed by atoms with E-state index >= 15 is 0 Å². The Labute approximate surface area is 187 Å². The molecule has 0 aliphatic rings. The summed E-state index contributed by atoms with van der Waals surface area (Å²) in [5, 5.41) is 0.607. The van der Waals surface area contributed by atoms with Gasteiger partial charge in [-0.25, -0.2) is 8.42 Å². The summed E-state index contributed by atoms with van der Waals surface area (Å²) in [6.07, 6.45) is 0. The van der Waals surface area contributed by atoms with E-state index in [2.05, 4.69) is 30.5 Å². The lowest BCUT2D eigenvalue weighted by atomic mass is 9.87. The number of aromatic nitrogens is 1. The zero-order chi connectivity index (χ0) is 23.1. The summed E-state index contributed by atoms with van der Waals surface area (Å²) in [4.78, 5) is 15.2. The molecule has 0 atom stereocenters. The van der Waals surface area contributed by atoms with Crippen LogP contribution in [0.15, 0.2) is 77.7 Å². The van der Waals surface area contributed by atoms with Crippen LogP contribution in [0.1, 0.15) is 36.8 Å². The normalized spacial score (nSPS) is 12.1. The molecule has 4 rings (SSSR count). The number of rotatable bonds is 5. The van der Waals surface area contributed by atoms with E-state index in [1.807, 2.05) is 42.5 Å². The second kappa shape index (κ2) is 7.84. The number of primary amides is 1. The van der Waals surface area contributed by atoms with Gasteiger partial charge >= 0.3 is 0 Å². The molecule has 0 radical (unpaired) electrons. The topological polar surface area (TPSA) is 105 Å². The Morgan fingerprint density at radius 3 is 2.19 bits per heavy atom. The predicted octanol–water partition coefficient (Wildman–Crippen LogP) is 5.03. The van der Waals surface area contributed by atoms with Gasteiger partial charge in [-0.15, -0.1) is 0 Å². The van der Waals surface area contributed by atoms with Crippen LogP contribution in [-0.2, 0) is 15.4 Å². The van der Waals surface area contributed by atoms with Gasteiger partial charge in [0.2, 0.25) is 0 Å². The highest BCUT2D eigenvalue weighted by atomic mass is 32.2. The van der Waals surface area contributed by atoms with Crippen molar-refractivity contribution in [3.8, 4) is 11.1 Å². The van der Waals surface area contributed by atoms with E-state index in [1.54, 1.807) is 24.3 Å². The number of hydrogen-bond donors (Lipinski definition) is 3. The van der Waals surface area contributed by atoms with Crippen molar-refractivity contribution in [2.45, 2.75) is 31.1 Å². The molecule has 4 N–H and O–H groups in total. The van der Waals surface area contributed by atoms with Crippen molar-refractivity contribution in [1.82, 2.24) is 4.98 Å². The molecular weight excluding hydrogens is 422 g/mol. The number of sulfonamides is 1. The molecule has 0 saturated heterocycles. The van der Waals surface area contributed by atoms with Crippen LogP contribution in [0.4, 0.5) is 5.69 Å². The highest BCUT2D eigenvalue weighted by Gasteiger charge is 2.21. The minimum Gasteiger partial charge on any atom is -0.364 e. The first-order chi connectivity index (χ1) is 15.1. The lowest BCUT2D eigenvalue weighted by Gasteiger charge is -2.19. The number of nitrogens with one attached hydrogen (secondary N) is 2. The lowest BCUT2D eigenvalue weighted by Crippen LogP contribution is -2.14. The third kappa shape index (κ3) is 4.11. The van der Waals surface area contributed by atoms with Gasteiger partial charge in [0.1, 0.15) is 5.69 Å². The van der Waals surface area contributed by atoms with Crippen molar-refractivity contribution in [3.05, 3.63) is 84.1 Å². The van der Waals surface area contributed by atoms with Crippen LogP contribution in [0, 0.1) is 0 Å². The Bertz CT molecular complexity index is 1400. The number of carbonyl (C=O) groups excluding carboxylic acids is 1. The highest BCUT2D eigenvalue weighted by Crippen LogP contribution is 2.34. The van der Waals surface area contributed by atoms with Gasteiger partial charge < -0.3 is 10.7 Å². The first-order valence-corrected chi connectivity index (χ1v) is 11.7. The second-order valence-corrected chi connectivity index (χ2v) is 10.4. The molecule has 0 fully saturated rings. The standard InChI is InChI=1S/C25H25N3O3S/c1-25(2,3)17-9-11-18(12-10-17)28-32(30,31)19-13-14-21-20(15-19)22(23(27-21)24(26)29)16-7-5-4-6-8-16/h4-15,27-28H,1-3H3,(H2,26,29). The number of benzene rings is 3. The maximum absolute atomic E-state index is 13.1. The number of nitrogens with two attached hydrogens (primary N) is 1. The van der Waals surface area contributed by atoms with Crippen molar-refractivity contribution in [2.75, 3.05) is 4.72 Å². The molecule has 0 spiro atoms. The van der Waals surface area contributed by atoms with E-state index in [1.165, 1.54) is 6.07 Å². The van der Waals surface area contributed by atoms with Gasteiger partial charge in [0.15, 0.2) is 0 Å².